The van der Waals surface area contributed by atoms with Gasteiger partial charge in [-0.1, -0.05) is 24.4 Å². The third-order valence-corrected chi connectivity index (χ3v) is 5.62. The van der Waals surface area contributed by atoms with E-state index < -0.39 is 11.9 Å². The fourth-order valence-corrected chi connectivity index (χ4v) is 4.07. The van der Waals surface area contributed by atoms with E-state index in [1.807, 2.05) is 0 Å². The van der Waals surface area contributed by atoms with E-state index >= 15 is 0 Å². The van der Waals surface area contributed by atoms with E-state index in [4.69, 9.17) is 28.0 Å². The van der Waals surface area contributed by atoms with Crippen LogP contribution in [0.25, 0.3) is 22.4 Å². The van der Waals surface area contributed by atoms with Crippen LogP contribution in [0.3, 0.4) is 0 Å². The maximum absolute atomic E-state index is 14.6. The summed E-state index contributed by atoms with van der Waals surface area (Å²) in [7, 11) is 1.26. The molecule has 164 valence electrons. The second-order valence-corrected chi connectivity index (χ2v) is 7.78. The van der Waals surface area contributed by atoms with Crippen molar-refractivity contribution in [3.05, 3.63) is 35.5 Å². The summed E-state index contributed by atoms with van der Waals surface area (Å²) in [5, 5.41) is 5.22. The quantitative estimate of drug-likeness (QED) is 0.314. The van der Waals surface area contributed by atoms with Crippen LogP contribution in [0.2, 0.25) is 5.02 Å². The summed E-state index contributed by atoms with van der Waals surface area (Å²) in [6, 6.07) is 1.03. The number of carbonyl (C=O) groups excluding carboxylic acids is 1. The molecule has 3 aromatic rings. The number of methoxy groups -OCH3 is 1. The number of nitrogen functional groups attached to an aromatic ring is 1. The van der Waals surface area contributed by atoms with Crippen LogP contribution >= 0.6 is 11.6 Å². The number of pyridine rings is 1. The highest BCUT2D eigenvalue weighted by molar-refractivity contribution is 6.31. The highest BCUT2D eigenvalue weighted by Crippen LogP contribution is 2.30. The highest BCUT2D eigenvalue weighted by atomic mass is 35.5. The molecule has 2 atom stereocenters. The van der Waals surface area contributed by atoms with Gasteiger partial charge in [0.1, 0.15) is 0 Å². The van der Waals surface area contributed by atoms with E-state index in [2.05, 4.69) is 20.3 Å². The van der Waals surface area contributed by atoms with Gasteiger partial charge in [-0.15, -0.1) is 0 Å². The summed E-state index contributed by atoms with van der Waals surface area (Å²) < 4.78 is 20.6. The standard InChI is InChI=1S/C19H22ClFN8O2/c1-31-19(30)29(23)15-5-3-2-4-14(15)26-17-13(21)8-24-16(27-17)12-9-28(22)18-11(12)6-10(20)7-25-18/h6-9,14-15H,2-5,22-23H2,1H3,(H,24,26,27). The summed E-state index contributed by atoms with van der Waals surface area (Å²) >= 11 is 6.08. The van der Waals surface area contributed by atoms with Crippen molar-refractivity contribution in [3.8, 4) is 11.4 Å². The van der Waals surface area contributed by atoms with Crippen molar-refractivity contribution < 1.29 is 13.9 Å². The van der Waals surface area contributed by atoms with Crippen LogP contribution in [-0.4, -0.2) is 49.9 Å². The average molecular weight is 449 g/mol. The lowest BCUT2D eigenvalue weighted by Gasteiger charge is -2.37. The molecule has 31 heavy (non-hydrogen) atoms. The Morgan fingerprint density at radius 2 is 2.13 bits per heavy atom. The number of aromatic nitrogens is 4. The number of anilines is 1. The molecule has 0 radical (unpaired) electrons. The molecular formula is C19H22ClFN8O2. The van der Waals surface area contributed by atoms with Crippen molar-refractivity contribution >= 4 is 34.5 Å². The van der Waals surface area contributed by atoms with Crippen LogP contribution in [0.4, 0.5) is 15.0 Å². The Bertz CT molecular complexity index is 1120. The average Bonchev–Trinajstić information content (AvgIpc) is 3.10. The normalized spacial score (nSPS) is 18.7. The van der Waals surface area contributed by atoms with Crippen LogP contribution in [-0.2, 0) is 4.74 Å². The van der Waals surface area contributed by atoms with Gasteiger partial charge in [0.05, 0.1) is 24.4 Å². The molecule has 10 nitrogen and oxygen atoms in total. The monoisotopic (exact) mass is 448 g/mol. The third kappa shape index (κ3) is 4.06. The zero-order chi connectivity index (χ0) is 22.1. The number of fused-ring (bicyclic) bond motifs is 1. The first kappa shape index (κ1) is 21.1. The predicted molar refractivity (Wildman–Crippen MR) is 114 cm³/mol. The third-order valence-electron chi connectivity index (χ3n) is 5.42. The molecule has 2 unspecified atom stereocenters. The van der Waals surface area contributed by atoms with Crippen molar-refractivity contribution in [2.45, 2.75) is 37.8 Å². The molecular weight excluding hydrogens is 427 g/mol. The fraction of sp³-hybridized carbons (Fsp3) is 0.368. The second-order valence-electron chi connectivity index (χ2n) is 7.34. The Balaban J connectivity index is 1.67. The zero-order valence-corrected chi connectivity index (χ0v) is 17.5. The lowest BCUT2D eigenvalue weighted by atomic mass is 9.90. The molecule has 0 saturated heterocycles. The van der Waals surface area contributed by atoms with Gasteiger partial charge in [0.15, 0.2) is 23.1 Å². The van der Waals surface area contributed by atoms with E-state index in [0.29, 0.717) is 34.5 Å². The SMILES string of the molecule is COC(=O)N(N)C1CCCCC1Nc1nc(-c2cn(N)c3ncc(Cl)cc23)ncc1F. The number of carbonyl (C=O) groups is 1. The molecule has 0 aromatic carbocycles. The van der Waals surface area contributed by atoms with E-state index in [1.54, 1.807) is 12.3 Å². The number of nitrogens with two attached hydrogens (primary N) is 2. The van der Waals surface area contributed by atoms with Gasteiger partial charge in [-0.05, 0) is 18.9 Å². The van der Waals surface area contributed by atoms with Crippen LogP contribution in [0.5, 0.6) is 0 Å². The first-order chi connectivity index (χ1) is 14.9. The number of hydrogen-bond acceptors (Lipinski definition) is 8. The van der Waals surface area contributed by atoms with Crippen LogP contribution in [0.15, 0.2) is 24.7 Å². The van der Waals surface area contributed by atoms with Gasteiger partial charge in [-0.2, -0.15) is 0 Å². The number of ether oxygens (including phenoxy) is 1. The van der Waals surface area contributed by atoms with E-state index in [0.717, 1.165) is 24.0 Å². The summed E-state index contributed by atoms with van der Waals surface area (Å²) in [4.78, 5) is 24.6. The number of amides is 1. The Hall–Kier alpha value is -3.18. The predicted octanol–water partition coefficient (Wildman–Crippen LogP) is 2.66. The molecule has 1 saturated carbocycles. The number of hydrazine groups is 1. The first-order valence-electron chi connectivity index (χ1n) is 9.72. The molecule has 1 amide bonds. The van der Waals surface area contributed by atoms with Crippen LogP contribution in [0.1, 0.15) is 25.7 Å². The summed E-state index contributed by atoms with van der Waals surface area (Å²) in [6.45, 7) is 0. The lowest BCUT2D eigenvalue weighted by molar-refractivity contribution is 0.0898. The number of nitrogens with zero attached hydrogens (tertiary/aromatic N) is 5. The van der Waals surface area contributed by atoms with Crippen molar-refractivity contribution in [1.82, 2.24) is 24.6 Å². The van der Waals surface area contributed by atoms with Crippen LogP contribution in [0, 0.1) is 5.82 Å². The molecule has 5 N–H and O–H groups in total. The van der Waals surface area contributed by atoms with Gasteiger partial charge in [-0.3, -0.25) is 4.68 Å². The lowest BCUT2D eigenvalue weighted by Crippen LogP contribution is -2.54. The number of hydrogen-bond donors (Lipinski definition) is 3. The molecule has 3 aromatic heterocycles. The van der Waals surface area contributed by atoms with Crippen molar-refractivity contribution in [1.29, 1.82) is 0 Å². The Labute approximate surface area is 182 Å². The van der Waals surface area contributed by atoms with Gasteiger partial charge in [0, 0.05) is 29.4 Å². The zero-order valence-electron chi connectivity index (χ0n) is 16.8. The smallest absolute Gasteiger partial charge is 0.424 e. The van der Waals surface area contributed by atoms with Gasteiger partial charge >= 0.3 is 6.09 Å². The first-order valence-corrected chi connectivity index (χ1v) is 10.1. The molecule has 1 aliphatic rings. The van der Waals surface area contributed by atoms with Crippen molar-refractivity contribution in [2.24, 2.45) is 5.84 Å². The maximum atomic E-state index is 14.6. The van der Waals surface area contributed by atoms with Crippen molar-refractivity contribution in [3.63, 3.8) is 0 Å². The molecule has 12 heteroatoms. The Kier molecular flexibility index (Phi) is 5.79. The maximum Gasteiger partial charge on any atom is 0.424 e. The molecule has 1 fully saturated rings. The van der Waals surface area contributed by atoms with E-state index in [9.17, 15) is 9.18 Å². The number of rotatable bonds is 4. The minimum Gasteiger partial charge on any atom is -0.452 e. The topological polar surface area (TPSA) is 137 Å². The highest BCUT2D eigenvalue weighted by Gasteiger charge is 2.33. The van der Waals surface area contributed by atoms with E-state index in [1.165, 1.54) is 18.0 Å². The summed E-state index contributed by atoms with van der Waals surface area (Å²) in [6.07, 6.45) is 6.68. The second kappa shape index (κ2) is 8.52. The van der Waals surface area contributed by atoms with E-state index in [-0.39, 0.29) is 23.7 Å². The number of halogens is 2. The van der Waals surface area contributed by atoms with Gasteiger partial charge in [-0.25, -0.2) is 35.0 Å². The Morgan fingerprint density at radius 3 is 2.90 bits per heavy atom. The molecule has 0 spiro atoms. The van der Waals surface area contributed by atoms with Gasteiger partial charge in [0.25, 0.3) is 0 Å². The van der Waals surface area contributed by atoms with Gasteiger partial charge in [0.2, 0.25) is 0 Å². The molecule has 4 rings (SSSR count). The largest absolute Gasteiger partial charge is 0.452 e. The van der Waals surface area contributed by atoms with Gasteiger partial charge < -0.3 is 15.9 Å². The minimum atomic E-state index is -0.650. The summed E-state index contributed by atoms with van der Waals surface area (Å²) in [5.41, 5.74) is 1.05. The molecule has 1 aliphatic carbocycles. The van der Waals surface area contributed by atoms with Crippen LogP contribution < -0.4 is 17.0 Å². The summed E-state index contributed by atoms with van der Waals surface area (Å²) in [5.74, 6) is 11.6. The molecule has 0 bridgehead atoms. The number of nitrogens with one attached hydrogen (secondary N) is 1. The molecule has 0 aliphatic heterocycles. The van der Waals surface area contributed by atoms with Crippen molar-refractivity contribution in [2.75, 3.05) is 18.3 Å². The minimum absolute atomic E-state index is 0.00748. The molecule has 3 heterocycles. The fourth-order valence-electron chi connectivity index (χ4n) is 3.91. The Morgan fingerprint density at radius 1 is 1.35 bits per heavy atom.